The fourth-order valence-corrected chi connectivity index (χ4v) is 2.34. The first kappa shape index (κ1) is 15.5. The van der Waals surface area contributed by atoms with Gasteiger partial charge in [0.25, 0.3) is 0 Å². The van der Waals surface area contributed by atoms with Crippen LogP contribution in [0.3, 0.4) is 0 Å². The molecule has 0 unspecified atom stereocenters. The highest BCUT2D eigenvalue weighted by molar-refractivity contribution is 5.87. The molecular formula is C16H21NO4. The maximum Gasteiger partial charge on any atom is 0.328 e. The number of hydrogen-bond acceptors (Lipinski definition) is 4. The molecule has 0 aromatic heterocycles. The topological polar surface area (TPSA) is 64.6 Å². The van der Waals surface area contributed by atoms with E-state index < -0.39 is 18.1 Å². The molecule has 5 heteroatoms. The van der Waals surface area contributed by atoms with Gasteiger partial charge in [0, 0.05) is 13.0 Å². The molecule has 1 aromatic carbocycles. The molecule has 2 atom stereocenters. The van der Waals surface area contributed by atoms with E-state index in [0.29, 0.717) is 19.4 Å². The Morgan fingerprint density at radius 2 is 2.10 bits per heavy atom. The standard InChI is InChI=1S/C16H21NO4/c1-11-5-7-12(8-6-11)10-13(16(19)20-2)17-15(18)14-4-3-9-21-14/h5-8,13-14H,3-4,9-10H2,1-2H3,(H,17,18)/t13-,14+/m1/s1. The normalized spacial score (nSPS) is 19.0. The lowest BCUT2D eigenvalue weighted by molar-refractivity contribution is -0.146. The predicted molar refractivity (Wildman–Crippen MR) is 77.8 cm³/mol. The van der Waals surface area contributed by atoms with Gasteiger partial charge in [-0.05, 0) is 25.3 Å². The second-order valence-corrected chi connectivity index (χ2v) is 5.28. The van der Waals surface area contributed by atoms with Crippen LogP contribution in [0.5, 0.6) is 0 Å². The lowest BCUT2D eigenvalue weighted by Crippen LogP contribution is -2.47. The van der Waals surface area contributed by atoms with Gasteiger partial charge in [-0.15, -0.1) is 0 Å². The second-order valence-electron chi connectivity index (χ2n) is 5.28. The number of carbonyl (C=O) groups excluding carboxylic acids is 2. The number of amides is 1. The van der Waals surface area contributed by atoms with Crippen LogP contribution in [0.4, 0.5) is 0 Å². The molecule has 1 aliphatic rings. The van der Waals surface area contributed by atoms with Crippen molar-refractivity contribution in [1.29, 1.82) is 0 Å². The summed E-state index contributed by atoms with van der Waals surface area (Å²) in [6.45, 7) is 2.60. The molecule has 0 bridgehead atoms. The molecule has 1 aromatic rings. The van der Waals surface area contributed by atoms with Crippen molar-refractivity contribution in [2.45, 2.75) is 38.3 Å². The highest BCUT2D eigenvalue weighted by Crippen LogP contribution is 2.13. The van der Waals surface area contributed by atoms with Gasteiger partial charge in [-0.1, -0.05) is 29.8 Å². The maximum absolute atomic E-state index is 12.1. The van der Waals surface area contributed by atoms with E-state index >= 15 is 0 Å². The summed E-state index contributed by atoms with van der Waals surface area (Å²) in [6.07, 6.45) is 1.53. The Labute approximate surface area is 124 Å². The van der Waals surface area contributed by atoms with Gasteiger partial charge in [0.05, 0.1) is 7.11 Å². The van der Waals surface area contributed by atoms with Crippen LogP contribution in [0.15, 0.2) is 24.3 Å². The Morgan fingerprint density at radius 3 is 2.67 bits per heavy atom. The number of nitrogens with one attached hydrogen (secondary N) is 1. The quantitative estimate of drug-likeness (QED) is 0.832. The van der Waals surface area contributed by atoms with Crippen molar-refractivity contribution in [1.82, 2.24) is 5.32 Å². The minimum atomic E-state index is -0.686. The van der Waals surface area contributed by atoms with Gasteiger partial charge >= 0.3 is 5.97 Å². The number of ether oxygens (including phenoxy) is 2. The van der Waals surface area contributed by atoms with Crippen molar-refractivity contribution in [3.63, 3.8) is 0 Å². The third-order valence-corrected chi connectivity index (χ3v) is 3.58. The number of aryl methyl sites for hydroxylation is 1. The third kappa shape index (κ3) is 4.29. The number of hydrogen-bond donors (Lipinski definition) is 1. The predicted octanol–water partition coefficient (Wildman–Crippen LogP) is 1.37. The molecule has 21 heavy (non-hydrogen) atoms. The zero-order valence-electron chi connectivity index (χ0n) is 12.4. The Morgan fingerprint density at radius 1 is 1.38 bits per heavy atom. The first-order valence-corrected chi connectivity index (χ1v) is 7.15. The fraction of sp³-hybridized carbons (Fsp3) is 0.500. The lowest BCUT2D eigenvalue weighted by atomic mass is 10.0. The summed E-state index contributed by atoms with van der Waals surface area (Å²) in [5, 5.41) is 2.73. The van der Waals surface area contributed by atoms with E-state index in [1.54, 1.807) is 0 Å². The fourth-order valence-electron chi connectivity index (χ4n) is 2.34. The molecule has 5 nitrogen and oxygen atoms in total. The minimum absolute atomic E-state index is 0.241. The number of esters is 1. The molecule has 0 spiro atoms. The molecule has 114 valence electrons. The van der Waals surface area contributed by atoms with Gasteiger partial charge in [0.15, 0.2) is 0 Å². The molecule has 2 rings (SSSR count). The molecule has 0 saturated carbocycles. The van der Waals surface area contributed by atoms with Crippen LogP contribution in [0.2, 0.25) is 0 Å². The molecule has 1 heterocycles. The van der Waals surface area contributed by atoms with Crippen LogP contribution in [0.1, 0.15) is 24.0 Å². The SMILES string of the molecule is COC(=O)[C@@H](Cc1ccc(C)cc1)NC(=O)[C@@H]1CCCO1. The van der Waals surface area contributed by atoms with Crippen molar-refractivity contribution in [2.24, 2.45) is 0 Å². The van der Waals surface area contributed by atoms with Crippen molar-refractivity contribution in [3.05, 3.63) is 35.4 Å². The molecule has 1 saturated heterocycles. The van der Waals surface area contributed by atoms with Crippen LogP contribution in [-0.4, -0.2) is 37.7 Å². The van der Waals surface area contributed by atoms with Gasteiger partial charge < -0.3 is 14.8 Å². The Balaban J connectivity index is 2.01. The van der Waals surface area contributed by atoms with E-state index in [4.69, 9.17) is 9.47 Å². The van der Waals surface area contributed by atoms with Gasteiger partial charge in [-0.3, -0.25) is 4.79 Å². The monoisotopic (exact) mass is 291 g/mol. The first-order chi connectivity index (χ1) is 10.1. The van der Waals surface area contributed by atoms with Gasteiger partial charge in [0.2, 0.25) is 5.91 Å². The van der Waals surface area contributed by atoms with E-state index in [-0.39, 0.29) is 5.91 Å². The van der Waals surface area contributed by atoms with Gasteiger partial charge in [-0.2, -0.15) is 0 Å². The molecule has 1 N–H and O–H groups in total. The smallest absolute Gasteiger partial charge is 0.328 e. The van der Waals surface area contributed by atoms with E-state index in [2.05, 4.69) is 5.32 Å². The van der Waals surface area contributed by atoms with Crippen molar-refractivity contribution >= 4 is 11.9 Å². The largest absolute Gasteiger partial charge is 0.467 e. The summed E-state index contributed by atoms with van der Waals surface area (Å²) < 4.78 is 10.1. The number of carbonyl (C=O) groups is 2. The van der Waals surface area contributed by atoms with Crippen LogP contribution < -0.4 is 5.32 Å². The van der Waals surface area contributed by atoms with E-state index in [1.165, 1.54) is 7.11 Å². The summed E-state index contributed by atoms with van der Waals surface area (Å²) in [6, 6.07) is 7.17. The van der Waals surface area contributed by atoms with Gasteiger partial charge in [0.1, 0.15) is 12.1 Å². The molecule has 0 radical (unpaired) electrons. The lowest BCUT2D eigenvalue weighted by Gasteiger charge is -2.18. The summed E-state index contributed by atoms with van der Waals surface area (Å²) in [5.74, 6) is -0.683. The zero-order chi connectivity index (χ0) is 15.2. The molecular weight excluding hydrogens is 270 g/mol. The van der Waals surface area contributed by atoms with Crippen molar-refractivity contribution in [2.75, 3.05) is 13.7 Å². The molecule has 0 aliphatic carbocycles. The van der Waals surface area contributed by atoms with E-state index in [1.807, 2.05) is 31.2 Å². The Kier molecular flexibility index (Phi) is 5.33. The third-order valence-electron chi connectivity index (χ3n) is 3.58. The van der Waals surface area contributed by atoms with E-state index in [9.17, 15) is 9.59 Å². The summed E-state index contributed by atoms with van der Waals surface area (Å²) in [7, 11) is 1.32. The molecule has 1 amide bonds. The Bertz CT molecular complexity index is 492. The maximum atomic E-state index is 12.1. The zero-order valence-corrected chi connectivity index (χ0v) is 12.4. The summed E-state index contributed by atoms with van der Waals surface area (Å²) in [4.78, 5) is 23.9. The van der Waals surface area contributed by atoms with Crippen molar-refractivity contribution in [3.8, 4) is 0 Å². The highest BCUT2D eigenvalue weighted by Gasteiger charge is 2.28. The van der Waals surface area contributed by atoms with Crippen LogP contribution in [0, 0.1) is 6.92 Å². The second kappa shape index (κ2) is 7.22. The minimum Gasteiger partial charge on any atom is -0.467 e. The summed E-state index contributed by atoms with van der Waals surface area (Å²) in [5.41, 5.74) is 2.13. The number of methoxy groups -OCH3 is 1. The van der Waals surface area contributed by atoms with Crippen LogP contribution in [-0.2, 0) is 25.5 Å². The number of benzene rings is 1. The Hall–Kier alpha value is -1.88. The van der Waals surface area contributed by atoms with Gasteiger partial charge in [-0.25, -0.2) is 4.79 Å². The first-order valence-electron chi connectivity index (χ1n) is 7.15. The van der Waals surface area contributed by atoms with Crippen LogP contribution in [0.25, 0.3) is 0 Å². The van der Waals surface area contributed by atoms with Crippen LogP contribution >= 0.6 is 0 Å². The molecule has 1 aliphatic heterocycles. The summed E-state index contributed by atoms with van der Waals surface area (Å²) >= 11 is 0. The highest BCUT2D eigenvalue weighted by atomic mass is 16.5. The average molecular weight is 291 g/mol. The molecule has 1 fully saturated rings. The average Bonchev–Trinajstić information content (AvgIpc) is 3.02. The van der Waals surface area contributed by atoms with E-state index in [0.717, 1.165) is 17.5 Å². The van der Waals surface area contributed by atoms with Crippen molar-refractivity contribution < 1.29 is 19.1 Å². The number of rotatable bonds is 5.